The Labute approximate surface area is 189 Å². The molecular formula is C27H29FN2O2. The second-order valence-corrected chi connectivity index (χ2v) is 8.48. The van der Waals surface area contributed by atoms with E-state index < -0.39 is 0 Å². The minimum atomic E-state index is -0.222. The van der Waals surface area contributed by atoms with E-state index in [9.17, 15) is 9.18 Å². The molecule has 32 heavy (non-hydrogen) atoms. The maximum atomic E-state index is 13.2. The third-order valence-corrected chi connectivity index (χ3v) is 6.06. The molecule has 0 spiro atoms. The van der Waals surface area contributed by atoms with Gasteiger partial charge >= 0.3 is 0 Å². The zero-order chi connectivity index (χ0) is 22.5. The lowest BCUT2D eigenvalue weighted by Gasteiger charge is -2.44. The highest BCUT2D eigenvalue weighted by Gasteiger charge is 2.32. The normalized spacial score (nSPS) is 19.0. The van der Waals surface area contributed by atoms with Gasteiger partial charge in [-0.05, 0) is 54.8 Å². The molecule has 5 heteroatoms. The highest BCUT2D eigenvalue weighted by molar-refractivity contribution is 5.78. The van der Waals surface area contributed by atoms with E-state index >= 15 is 0 Å². The molecule has 1 saturated heterocycles. The maximum Gasteiger partial charge on any atom is 0.260 e. The zero-order valence-corrected chi connectivity index (χ0v) is 18.6. The Morgan fingerprint density at radius 1 is 0.875 bits per heavy atom. The van der Waals surface area contributed by atoms with Crippen molar-refractivity contribution in [3.63, 3.8) is 0 Å². The van der Waals surface area contributed by atoms with Gasteiger partial charge in [-0.2, -0.15) is 0 Å². The number of piperazine rings is 1. The van der Waals surface area contributed by atoms with Gasteiger partial charge in [0, 0.05) is 31.7 Å². The molecule has 3 aromatic rings. The van der Waals surface area contributed by atoms with Crippen LogP contribution in [0.4, 0.5) is 4.39 Å². The van der Waals surface area contributed by atoms with Crippen molar-refractivity contribution >= 4 is 5.91 Å². The summed E-state index contributed by atoms with van der Waals surface area (Å²) in [5, 5.41) is 0. The van der Waals surface area contributed by atoms with Crippen molar-refractivity contribution in [2.75, 3.05) is 19.7 Å². The van der Waals surface area contributed by atoms with E-state index in [0.29, 0.717) is 12.3 Å². The number of ether oxygens (including phenoxy) is 1. The van der Waals surface area contributed by atoms with Crippen molar-refractivity contribution in [2.45, 2.75) is 32.5 Å². The second-order valence-electron chi connectivity index (χ2n) is 8.48. The molecule has 3 aromatic carbocycles. The third-order valence-electron chi connectivity index (χ3n) is 6.06. The van der Waals surface area contributed by atoms with Crippen LogP contribution in [-0.2, 0) is 11.3 Å². The molecule has 1 fully saturated rings. The minimum Gasteiger partial charge on any atom is -0.484 e. The number of carbonyl (C=O) groups is 1. The number of hydrogen-bond donors (Lipinski definition) is 0. The quantitative estimate of drug-likeness (QED) is 0.550. The summed E-state index contributed by atoms with van der Waals surface area (Å²) < 4.78 is 19.0. The van der Waals surface area contributed by atoms with E-state index in [1.807, 2.05) is 59.5 Å². The first-order valence-electron chi connectivity index (χ1n) is 11.1. The molecule has 1 heterocycles. The van der Waals surface area contributed by atoms with Crippen molar-refractivity contribution in [1.29, 1.82) is 0 Å². The average Bonchev–Trinajstić information content (AvgIpc) is 2.82. The molecule has 1 amide bonds. The fourth-order valence-electron chi connectivity index (χ4n) is 4.19. The monoisotopic (exact) mass is 432 g/mol. The second kappa shape index (κ2) is 9.96. The number of hydrogen-bond acceptors (Lipinski definition) is 3. The molecule has 0 radical (unpaired) electrons. The van der Waals surface area contributed by atoms with Gasteiger partial charge in [0.25, 0.3) is 5.91 Å². The highest BCUT2D eigenvalue weighted by Crippen LogP contribution is 2.23. The fraction of sp³-hybridized carbons (Fsp3) is 0.296. The Kier molecular flexibility index (Phi) is 6.86. The van der Waals surface area contributed by atoms with Gasteiger partial charge in [0.05, 0.1) is 0 Å². The standard InChI is InChI=1S/C27H29FN2O2/c1-20-17-30(21(2)16-29(20)18-22-8-12-25(28)13-9-22)27(31)19-32-26-14-10-24(11-15-26)23-6-4-3-5-7-23/h3-15,20-21H,16-19H2,1-2H3. The van der Waals surface area contributed by atoms with Gasteiger partial charge in [0.15, 0.2) is 6.61 Å². The Balaban J connectivity index is 1.30. The molecule has 166 valence electrons. The van der Waals surface area contributed by atoms with Crippen LogP contribution in [0.15, 0.2) is 78.9 Å². The van der Waals surface area contributed by atoms with Gasteiger partial charge in [0.1, 0.15) is 11.6 Å². The zero-order valence-electron chi connectivity index (χ0n) is 18.6. The smallest absolute Gasteiger partial charge is 0.260 e. The van der Waals surface area contributed by atoms with Crippen LogP contribution in [0.25, 0.3) is 11.1 Å². The van der Waals surface area contributed by atoms with Gasteiger partial charge < -0.3 is 9.64 Å². The first-order chi connectivity index (χ1) is 15.5. The summed E-state index contributed by atoms with van der Waals surface area (Å²) in [6, 6.07) is 24.9. The van der Waals surface area contributed by atoms with Gasteiger partial charge in [-0.3, -0.25) is 9.69 Å². The molecule has 4 rings (SSSR count). The lowest BCUT2D eigenvalue weighted by atomic mass is 10.1. The number of amides is 1. The van der Waals surface area contributed by atoms with Crippen LogP contribution in [0.5, 0.6) is 5.75 Å². The van der Waals surface area contributed by atoms with Gasteiger partial charge in [0.2, 0.25) is 0 Å². The number of halogens is 1. The van der Waals surface area contributed by atoms with Crippen LogP contribution in [0.1, 0.15) is 19.4 Å². The van der Waals surface area contributed by atoms with Crippen LogP contribution in [-0.4, -0.2) is 47.5 Å². The molecule has 0 saturated carbocycles. The summed E-state index contributed by atoms with van der Waals surface area (Å²) in [6.07, 6.45) is 0. The Morgan fingerprint density at radius 3 is 2.22 bits per heavy atom. The van der Waals surface area contributed by atoms with E-state index in [4.69, 9.17) is 4.74 Å². The predicted octanol–water partition coefficient (Wildman–Crippen LogP) is 4.99. The highest BCUT2D eigenvalue weighted by atomic mass is 19.1. The predicted molar refractivity (Wildman–Crippen MR) is 125 cm³/mol. The fourth-order valence-corrected chi connectivity index (χ4v) is 4.19. The molecule has 0 aliphatic carbocycles. The summed E-state index contributed by atoms with van der Waals surface area (Å²) in [5.74, 6) is 0.465. The summed E-state index contributed by atoms with van der Waals surface area (Å²) in [5.41, 5.74) is 3.34. The van der Waals surface area contributed by atoms with Crippen molar-refractivity contribution < 1.29 is 13.9 Å². The van der Waals surface area contributed by atoms with E-state index in [2.05, 4.69) is 30.9 Å². The average molecular weight is 433 g/mol. The lowest BCUT2D eigenvalue weighted by molar-refractivity contribution is -0.139. The Morgan fingerprint density at radius 2 is 1.53 bits per heavy atom. The van der Waals surface area contributed by atoms with Crippen molar-refractivity contribution in [2.24, 2.45) is 0 Å². The number of benzene rings is 3. The van der Waals surface area contributed by atoms with Crippen molar-refractivity contribution in [3.8, 4) is 16.9 Å². The SMILES string of the molecule is CC1CN(C(=O)COc2ccc(-c3ccccc3)cc2)C(C)CN1Cc1ccc(F)cc1. The van der Waals surface area contributed by atoms with Crippen LogP contribution in [0, 0.1) is 5.82 Å². The molecular weight excluding hydrogens is 403 g/mol. The molecule has 1 aliphatic heterocycles. The summed E-state index contributed by atoms with van der Waals surface area (Å²) in [7, 11) is 0. The van der Waals surface area contributed by atoms with Gasteiger partial charge in [-0.15, -0.1) is 0 Å². The van der Waals surface area contributed by atoms with E-state index in [0.717, 1.165) is 29.8 Å². The van der Waals surface area contributed by atoms with Crippen LogP contribution in [0.2, 0.25) is 0 Å². The first-order valence-corrected chi connectivity index (χ1v) is 11.1. The van der Waals surface area contributed by atoms with Crippen LogP contribution >= 0.6 is 0 Å². The summed E-state index contributed by atoms with van der Waals surface area (Å²) >= 11 is 0. The van der Waals surface area contributed by atoms with E-state index in [1.54, 1.807) is 0 Å². The molecule has 2 atom stereocenters. The largest absolute Gasteiger partial charge is 0.484 e. The minimum absolute atomic E-state index is 0.00193. The summed E-state index contributed by atoms with van der Waals surface area (Å²) in [4.78, 5) is 17.1. The van der Waals surface area contributed by atoms with Crippen molar-refractivity contribution in [3.05, 3.63) is 90.2 Å². The topological polar surface area (TPSA) is 32.8 Å². The molecule has 0 N–H and O–H groups in total. The van der Waals surface area contributed by atoms with Gasteiger partial charge in [-0.1, -0.05) is 54.6 Å². The van der Waals surface area contributed by atoms with E-state index in [1.165, 1.54) is 12.1 Å². The van der Waals surface area contributed by atoms with Crippen LogP contribution in [0.3, 0.4) is 0 Å². The number of rotatable bonds is 6. The van der Waals surface area contributed by atoms with E-state index in [-0.39, 0.29) is 30.4 Å². The first kappa shape index (κ1) is 22.0. The number of carbonyl (C=O) groups excluding carboxylic acids is 1. The van der Waals surface area contributed by atoms with Gasteiger partial charge in [-0.25, -0.2) is 4.39 Å². The molecule has 0 aromatic heterocycles. The van der Waals surface area contributed by atoms with Crippen molar-refractivity contribution in [1.82, 2.24) is 9.80 Å². The Hall–Kier alpha value is -3.18. The Bertz CT molecular complexity index is 1020. The molecule has 0 bridgehead atoms. The lowest BCUT2D eigenvalue weighted by Crippen LogP contribution is -2.58. The molecule has 1 aliphatic rings. The maximum absolute atomic E-state index is 13.2. The number of nitrogens with zero attached hydrogens (tertiary/aromatic N) is 2. The molecule has 4 nitrogen and oxygen atoms in total. The molecule has 2 unspecified atom stereocenters. The van der Waals surface area contributed by atoms with Crippen LogP contribution < -0.4 is 4.74 Å². The third kappa shape index (κ3) is 5.35. The summed E-state index contributed by atoms with van der Waals surface area (Å²) in [6.45, 7) is 6.39.